The first kappa shape index (κ1) is 8.17. The third-order valence-electron chi connectivity index (χ3n) is 1.45. The lowest BCUT2D eigenvalue weighted by Gasteiger charge is -2.32. The standard InChI is InChI=1S/C8H10FNO/c1-10(2,11)8-5-3-7(9)4-6-8/h3-6H,1-2H3. The second-order valence-electron chi connectivity index (χ2n) is 2.83. The molecule has 0 heterocycles. The van der Waals surface area contributed by atoms with Crippen molar-refractivity contribution in [3.05, 3.63) is 35.3 Å². The summed E-state index contributed by atoms with van der Waals surface area (Å²) < 4.78 is 11.8. The van der Waals surface area contributed by atoms with Crippen molar-refractivity contribution in [3.63, 3.8) is 0 Å². The molecule has 0 spiro atoms. The fraction of sp³-hybridized carbons (Fsp3) is 0.250. The topological polar surface area (TPSA) is 23.1 Å². The molecule has 3 heteroatoms. The summed E-state index contributed by atoms with van der Waals surface area (Å²) in [6.45, 7) is 0. The van der Waals surface area contributed by atoms with E-state index in [2.05, 4.69) is 0 Å². The number of quaternary nitrogens is 1. The molecule has 60 valence electrons. The molecule has 0 N–H and O–H groups in total. The highest BCUT2D eigenvalue weighted by atomic mass is 19.1. The molecule has 0 aliphatic heterocycles. The van der Waals surface area contributed by atoms with Crippen molar-refractivity contribution >= 4 is 5.69 Å². The third-order valence-corrected chi connectivity index (χ3v) is 1.45. The normalized spacial score (nSPS) is 11.6. The van der Waals surface area contributed by atoms with Crippen LogP contribution < -0.4 is 4.65 Å². The van der Waals surface area contributed by atoms with Gasteiger partial charge in [-0.25, -0.2) is 4.39 Å². The minimum atomic E-state index is -0.527. The first-order chi connectivity index (χ1) is 5.00. The average molecular weight is 155 g/mol. The van der Waals surface area contributed by atoms with Crippen LogP contribution in [0.1, 0.15) is 0 Å². The number of hydrogen-bond donors (Lipinski definition) is 0. The van der Waals surface area contributed by atoms with E-state index in [-0.39, 0.29) is 5.82 Å². The van der Waals surface area contributed by atoms with Gasteiger partial charge in [-0.3, -0.25) is 0 Å². The van der Waals surface area contributed by atoms with Gasteiger partial charge < -0.3 is 9.85 Å². The molecule has 0 radical (unpaired) electrons. The predicted octanol–water partition coefficient (Wildman–Crippen LogP) is 1.89. The van der Waals surface area contributed by atoms with Crippen LogP contribution in [0.3, 0.4) is 0 Å². The Labute approximate surface area is 65.0 Å². The van der Waals surface area contributed by atoms with Crippen molar-refractivity contribution in [1.82, 2.24) is 4.65 Å². The molecule has 0 bridgehead atoms. The summed E-state index contributed by atoms with van der Waals surface area (Å²) in [6.07, 6.45) is 0. The van der Waals surface area contributed by atoms with Crippen LogP contribution in [0.25, 0.3) is 0 Å². The summed E-state index contributed by atoms with van der Waals surface area (Å²) in [6, 6.07) is 5.55. The maximum atomic E-state index is 12.4. The minimum Gasteiger partial charge on any atom is -0.628 e. The Kier molecular flexibility index (Phi) is 1.93. The zero-order valence-corrected chi connectivity index (χ0v) is 6.54. The smallest absolute Gasteiger partial charge is 0.132 e. The van der Waals surface area contributed by atoms with E-state index in [9.17, 15) is 9.60 Å². The van der Waals surface area contributed by atoms with Crippen LogP contribution >= 0.6 is 0 Å². The number of halogens is 1. The van der Waals surface area contributed by atoms with Gasteiger partial charge in [0.2, 0.25) is 0 Å². The Morgan fingerprint density at radius 3 is 2.00 bits per heavy atom. The van der Waals surface area contributed by atoms with Crippen LogP contribution in [-0.4, -0.2) is 14.1 Å². The molecule has 0 fully saturated rings. The van der Waals surface area contributed by atoms with Gasteiger partial charge in [-0.15, -0.1) is 0 Å². The number of hydrogen-bond acceptors (Lipinski definition) is 1. The summed E-state index contributed by atoms with van der Waals surface area (Å²) in [5, 5.41) is 11.2. The fourth-order valence-corrected chi connectivity index (χ4v) is 0.800. The monoisotopic (exact) mass is 155 g/mol. The molecule has 0 amide bonds. The van der Waals surface area contributed by atoms with E-state index in [4.69, 9.17) is 0 Å². The molecule has 0 saturated carbocycles. The van der Waals surface area contributed by atoms with Gasteiger partial charge in [0.1, 0.15) is 11.5 Å². The van der Waals surface area contributed by atoms with Crippen molar-refractivity contribution in [2.75, 3.05) is 14.1 Å². The molecule has 1 aromatic carbocycles. The predicted molar refractivity (Wildman–Crippen MR) is 43.4 cm³/mol. The lowest BCUT2D eigenvalue weighted by molar-refractivity contribution is 0.540. The maximum absolute atomic E-state index is 12.4. The van der Waals surface area contributed by atoms with E-state index < -0.39 is 4.65 Å². The van der Waals surface area contributed by atoms with Crippen molar-refractivity contribution in [2.24, 2.45) is 0 Å². The van der Waals surface area contributed by atoms with Gasteiger partial charge in [0.15, 0.2) is 0 Å². The van der Waals surface area contributed by atoms with Crippen molar-refractivity contribution < 1.29 is 4.39 Å². The van der Waals surface area contributed by atoms with Gasteiger partial charge >= 0.3 is 0 Å². The largest absolute Gasteiger partial charge is 0.628 e. The van der Waals surface area contributed by atoms with E-state index in [1.807, 2.05) is 0 Å². The Balaban J connectivity index is 2.99. The SMILES string of the molecule is C[N+](C)([O-])c1ccc(F)cc1. The van der Waals surface area contributed by atoms with Gasteiger partial charge in [0, 0.05) is 12.1 Å². The molecule has 2 nitrogen and oxygen atoms in total. The molecular weight excluding hydrogens is 145 g/mol. The highest BCUT2D eigenvalue weighted by molar-refractivity contribution is 5.41. The minimum absolute atomic E-state index is 0.317. The quantitative estimate of drug-likeness (QED) is 0.448. The van der Waals surface area contributed by atoms with E-state index in [0.717, 1.165) is 0 Å². The Bertz CT molecular complexity index is 237. The highest BCUT2D eigenvalue weighted by Crippen LogP contribution is 2.16. The summed E-state index contributed by atoms with van der Waals surface area (Å²) >= 11 is 0. The molecule has 0 aliphatic rings. The van der Waals surface area contributed by atoms with Crippen LogP contribution in [0.4, 0.5) is 10.1 Å². The molecule has 0 unspecified atom stereocenters. The average Bonchev–Trinajstić information content (AvgIpc) is 1.86. The van der Waals surface area contributed by atoms with Gasteiger partial charge in [0.25, 0.3) is 0 Å². The van der Waals surface area contributed by atoms with Gasteiger partial charge in [-0.2, -0.15) is 0 Å². The Hall–Kier alpha value is -0.930. The van der Waals surface area contributed by atoms with Crippen LogP contribution in [0.2, 0.25) is 0 Å². The summed E-state index contributed by atoms with van der Waals surface area (Å²) in [4.78, 5) is 0. The molecule has 0 atom stereocenters. The Morgan fingerprint density at radius 1 is 1.18 bits per heavy atom. The number of hydroxylamine groups is 2. The van der Waals surface area contributed by atoms with Crippen LogP contribution in [-0.2, 0) is 0 Å². The second kappa shape index (κ2) is 2.60. The molecule has 1 aromatic rings. The fourth-order valence-electron chi connectivity index (χ4n) is 0.800. The van der Waals surface area contributed by atoms with E-state index in [1.54, 1.807) is 0 Å². The van der Waals surface area contributed by atoms with Crippen LogP contribution in [0.5, 0.6) is 0 Å². The van der Waals surface area contributed by atoms with Gasteiger partial charge in [-0.1, -0.05) is 0 Å². The van der Waals surface area contributed by atoms with E-state index in [1.165, 1.54) is 38.4 Å². The number of nitrogens with zero attached hydrogens (tertiary/aromatic N) is 1. The van der Waals surface area contributed by atoms with Crippen LogP contribution in [0.15, 0.2) is 24.3 Å². The van der Waals surface area contributed by atoms with Gasteiger partial charge in [-0.05, 0) is 12.1 Å². The highest BCUT2D eigenvalue weighted by Gasteiger charge is 2.05. The maximum Gasteiger partial charge on any atom is 0.132 e. The molecule has 1 rings (SSSR count). The summed E-state index contributed by atoms with van der Waals surface area (Å²) in [7, 11) is 2.99. The van der Waals surface area contributed by atoms with E-state index >= 15 is 0 Å². The lowest BCUT2D eigenvalue weighted by atomic mass is 10.3. The zero-order valence-electron chi connectivity index (χ0n) is 6.54. The summed E-state index contributed by atoms with van der Waals surface area (Å²) in [5.74, 6) is -0.317. The summed E-state index contributed by atoms with van der Waals surface area (Å²) in [5.41, 5.74) is 0.548. The first-order valence-corrected chi connectivity index (χ1v) is 3.31. The third kappa shape index (κ3) is 2.00. The molecule has 0 aliphatic carbocycles. The molecular formula is C8H10FNO. The number of rotatable bonds is 1. The van der Waals surface area contributed by atoms with Crippen LogP contribution in [0, 0.1) is 11.0 Å². The first-order valence-electron chi connectivity index (χ1n) is 3.31. The second-order valence-corrected chi connectivity index (χ2v) is 2.83. The number of benzene rings is 1. The Morgan fingerprint density at radius 2 is 1.64 bits per heavy atom. The lowest BCUT2D eigenvalue weighted by Crippen LogP contribution is -2.32. The zero-order chi connectivity index (χ0) is 8.48. The van der Waals surface area contributed by atoms with Crippen molar-refractivity contribution in [2.45, 2.75) is 0 Å². The van der Waals surface area contributed by atoms with E-state index in [0.29, 0.717) is 5.69 Å². The molecule has 0 aromatic heterocycles. The molecule has 11 heavy (non-hydrogen) atoms. The molecule has 0 saturated heterocycles. The van der Waals surface area contributed by atoms with Crippen molar-refractivity contribution in [1.29, 1.82) is 0 Å². The van der Waals surface area contributed by atoms with Crippen molar-refractivity contribution in [3.8, 4) is 0 Å². The van der Waals surface area contributed by atoms with Gasteiger partial charge in [0.05, 0.1) is 14.1 Å².